The van der Waals surface area contributed by atoms with E-state index in [9.17, 15) is 4.79 Å². The number of amides is 1. The Labute approximate surface area is 151 Å². The Morgan fingerprint density at radius 2 is 2.04 bits per heavy atom. The highest BCUT2D eigenvalue weighted by Crippen LogP contribution is 2.23. The van der Waals surface area contributed by atoms with Crippen molar-refractivity contribution in [1.82, 2.24) is 25.2 Å². The number of carbonyl (C=O) groups is 1. The van der Waals surface area contributed by atoms with E-state index in [1.807, 2.05) is 30.3 Å². The molecule has 0 atom stereocenters. The molecule has 3 rings (SSSR count). The topological polar surface area (TPSA) is 85.6 Å². The van der Waals surface area contributed by atoms with Crippen LogP contribution in [0.15, 0.2) is 47.8 Å². The number of carbonyl (C=O) groups excluding carboxylic acids is 1. The minimum Gasteiger partial charge on any atom is -0.309 e. The van der Waals surface area contributed by atoms with E-state index in [4.69, 9.17) is 23.2 Å². The molecule has 0 spiro atoms. The highest BCUT2D eigenvalue weighted by Gasteiger charge is 2.13. The van der Waals surface area contributed by atoms with E-state index < -0.39 is 0 Å². The summed E-state index contributed by atoms with van der Waals surface area (Å²) in [6.45, 7) is 0. The maximum Gasteiger partial charge on any atom is 0.236 e. The van der Waals surface area contributed by atoms with Crippen LogP contribution in [0.1, 0.15) is 0 Å². The molecular formula is C14H10Cl2N6OS. The van der Waals surface area contributed by atoms with Crippen LogP contribution in [0.3, 0.4) is 0 Å². The minimum atomic E-state index is -0.278. The van der Waals surface area contributed by atoms with Gasteiger partial charge >= 0.3 is 0 Å². The van der Waals surface area contributed by atoms with Gasteiger partial charge in [-0.25, -0.2) is 4.98 Å². The highest BCUT2D eigenvalue weighted by molar-refractivity contribution is 7.99. The second-order valence-electron chi connectivity index (χ2n) is 4.53. The Hall–Kier alpha value is -2.16. The first-order valence-electron chi connectivity index (χ1n) is 6.71. The Balaban J connectivity index is 1.64. The first-order valence-corrected chi connectivity index (χ1v) is 8.45. The zero-order valence-electron chi connectivity index (χ0n) is 12.1. The van der Waals surface area contributed by atoms with Gasteiger partial charge in [0.2, 0.25) is 11.1 Å². The van der Waals surface area contributed by atoms with Crippen molar-refractivity contribution in [3.8, 4) is 5.69 Å². The van der Waals surface area contributed by atoms with Crippen molar-refractivity contribution in [3.63, 3.8) is 0 Å². The van der Waals surface area contributed by atoms with Crippen molar-refractivity contribution in [3.05, 3.63) is 52.6 Å². The molecule has 3 aromatic rings. The van der Waals surface area contributed by atoms with Gasteiger partial charge in [-0.2, -0.15) is 4.68 Å². The Kier molecular flexibility index (Phi) is 5.29. The average molecular weight is 381 g/mol. The third-order valence-corrected chi connectivity index (χ3v) is 4.25. The molecule has 1 aromatic carbocycles. The van der Waals surface area contributed by atoms with Crippen molar-refractivity contribution in [2.75, 3.05) is 11.1 Å². The van der Waals surface area contributed by atoms with Gasteiger partial charge in [-0.15, -0.1) is 5.10 Å². The fourth-order valence-electron chi connectivity index (χ4n) is 1.80. The van der Waals surface area contributed by atoms with Crippen LogP contribution in [0.25, 0.3) is 5.69 Å². The van der Waals surface area contributed by atoms with E-state index >= 15 is 0 Å². The van der Waals surface area contributed by atoms with Gasteiger partial charge in [0.1, 0.15) is 0 Å². The van der Waals surface area contributed by atoms with Gasteiger partial charge in [0.25, 0.3) is 0 Å². The number of tetrazole rings is 1. The molecule has 0 aliphatic carbocycles. The van der Waals surface area contributed by atoms with Crippen LogP contribution < -0.4 is 5.32 Å². The lowest BCUT2D eigenvalue weighted by Gasteiger charge is -2.06. The number of para-hydroxylation sites is 1. The standard InChI is InChI=1S/C14H10Cl2N6OS/c15-9-6-11(16)13(17-7-9)18-12(23)8-24-14-19-20-21-22(14)10-4-2-1-3-5-10/h1-7H,8H2,(H,17,18,23). The van der Waals surface area contributed by atoms with Gasteiger partial charge in [-0.3, -0.25) is 4.79 Å². The molecule has 2 aromatic heterocycles. The predicted octanol–water partition coefficient (Wildman–Crippen LogP) is 3.09. The van der Waals surface area contributed by atoms with E-state index in [1.54, 1.807) is 4.68 Å². The molecule has 0 aliphatic heterocycles. The molecule has 0 fully saturated rings. The fourth-order valence-corrected chi connectivity index (χ4v) is 2.92. The lowest BCUT2D eigenvalue weighted by molar-refractivity contribution is -0.113. The summed E-state index contributed by atoms with van der Waals surface area (Å²) in [5.74, 6) is 0.0852. The molecule has 24 heavy (non-hydrogen) atoms. The number of aromatic nitrogens is 5. The van der Waals surface area contributed by atoms with Crippen LogP contribution >= 0.6 is 35.0 Å². The monoisotopic (exact) mass is 380 g/mol. The van der Waals surface area contributed by atoms with Gasteiger partial charge in [0.05, 0.1) is 21.5 Å². The van der Waals surface area contributed by atoms with E-state index in [2.05, 4.69) is 25.8 Å². The number of hydrogen-bond acceptors (Lipinski definition) is 6. The maximum atomic E-state index is 12.1. The maximum absolute atomic E-state index is 12.1. The summed E-state index contributed by atoms with van der Waals surface area (Å²) in [5.41, 5.74) is 0.813. The summed E-state index contributed by atoms with van der Waals surface area (Å²) in [7, 11) is 0. The van der Waals surface area contributed by atoms with Gasteiger partial charge < -0.3 is 5.32 Å². The number of nitrogens with one attached hydrogen (secondary N) is 1. The zero-order chi connectivity index (χ0) is 16.9. The lowest BCUT2D eigenvalue weighted by atomic mass is 10.3. The molecule has 1 amide bonds. The van der Waals surface area contributed by atoms with Gasteiger partial charge in [0.15, 0.2) is 5.82 Å². The SMILES string of the molecule is O=C(CSc1nnnn1-c1ccccc1)Nc1ncc(Cl)cc1Cl. The number of benzene rings is 1. The molecule has 122 valence electrons. The Morgan fingerprint density at radius 3 is 2.79 bits per heavy atom. The molecule has 0 saturated carbocycles. The summed E-state index contributed by atoms with van der Waals surface area (Å²) in [6.07, 6.45) is 1.41. The van der Waals surface area contributed by atoms with Crippen molar-refractivity contribution in [2.24, 2.45) is 0 Å². The van der Waals surface area contributed by atoms with Gasteiger partial charge in [0, 0.05) is 6.20 Å². The number of pyridine rings is 1. The van der Waals surface area contributed by atoms with E-state index in [-0.39, 0.29) is 22.5 Å². The van der Waals surface area contributed by atoms with E-state index in [0.29, 0.717) is 10.2 Å². The smallest absolute Gasteiger partial charge is 0.236 e. The second-order valence-corrected chi connectivity index (χ2v) is 6.32. The molecule has 1 N–H and O–H groups in total. The second kappa shape index (κ2) is 7.61. The third-order valence-electron chi connectivity index (χ3n) is 2.84. The normalized spacial score (nSPS) is 10.6. The molecule has 0 aliphatic rings. The first-order chi connectivity index (χ1) is 11.6. The Morgan fingerprint density at radius 1 is 1.25 bits per heavy atom. The molecule has 0 bridgehead atoms. The lowest BCUT2D eigenvalue weighted by Crippen LogP contribution is -2.15. The molecule has 0 unspecified atom stereocenters. The van der Waals surface area contributed by atoms with Crippen LogP contribution in [0, 0.1) is 0 Å². The minimum absolute atomic E-state index is 0.105. The highest BCUT2D eigenvalue weighted by atomic mass is 35.5. The van der Waals surface area contributed by atoms with Crippen molar-refractivity contribution < 1.29 is 4.79 Å². The number of nitrogens with zero attached hydrogens (tertiary/aromatic N) is 5. The van der Waals surface area contributed by atoms with E-state index in [0.717, 1.165) is 5.69 Å². The quantitative estimate of drug-likeness (QED) is 0.684. The number of anilines is 1. The largest absolute Gasteiger partial charge is 0.309 e. The number of thioether (sulfide) groups is 1. The number of halogens is 2. The van der Waals surface area contributed by atoms with Crippen molar-refractivity contribution in [2.45, 2.75) is 5.16 Å². The summed E-state index contributed by atoms with van der Waals surface area (Å²) in [4.78, 5) is 16.0. The van der Waals surface area contributed by atoms with Crippen LogP contribution in [0.2, 0.25) is 10.0 Å². The molecule has 0 radical (unpaired) electrons. The van der Waals surface area contributed by atoms with Gasteiger partial charge in [-0.1, -0.05) is 53.2 Å². The van der Waals surface area contributed by atoms with Gasteiger partial charge in [-0.05, 0) is 28.6 Å². The summed E-state index contributed by atoms with van der Waals surface area (Å²) < 4.78 is 1.56. The molecule has 2 heterocycles. The first kappa shape index (κ1) is 16.7. The molecule has 7 nitrogen and oxygen atoms in total. The van der Waals surface area contributed by atoms with Crippen LogP contribution in [0.5, 0.6) is 0 Å². The molecule has 0 saturated heterocycles. The number of rotatable bonds is 5. The van der Waals surface area contributed by atoms with Crippen LogP contribution in [-0.2, 0) is 4.79 Å². The van der Waals surface area contributed by atoms with Crippen LogP contribution in [0.4, 0.5) is 5.82 Å². The summed E-state index contributed by atoms with van der Waals surface area (Å²) in [6, 6.07) is 10.9. The van der Waals surface area contributed by atoms with Crippen molar-refractivity contribution in [1.29, 1.82) is 0 Å². The third kappa shape index (κ3) is 4.02. The van der Waals surface area contributed by atoms with Crippen molar-refractivity contribution >= 4 is 46.7 Å². The summed E-state index contributed by atoms with van der Waals surface area (Å²) in [5, 5.41) is 15.3. The van der Waals surface area contributed by atoms with E-state index in [1.165, 1.54) is 24.0 Å². The Bertz CT molecular complexity index is 857. The predicted molar refractivity (Wildman–Crippen MR) is 92.8 cm³/mol. The molecular weight excluding hydrogens is 371 g/mol. The fraction of sp³-hybridized carbons (Fsp3) is 0.0714. The zero-order valence-corrected chi connectivity index (χ0v) is 14.4. The summed E-state index contributed by atoms with van der Waals surface area (Å²) >= 11 is 12.9. The number of hydrogen-bond donors (Lipinski definition) is 1. The van der Waals surface area contributed by atoms with Crippen LogP contribution in [-0.4, -0.2) is 36.9 Å². The average Bonchev–Trinajstić information content (AvgIpc) is 3.05. The molecule has 10 heteroatoms.